The van der Waals surface area contributed by atoms with Crippen LogP contribution < -0.4 is 5.32 Å². The molecule has 0 aromatic rings. The van der Waals surface area contributed by atoms with Gasteiger partial charge in [-0.3, -0.25) is 0 Å². The second-order valence-corrected chi connectivity index (χ2v) is 7.68. The number of hydrogen-bond acceptors (Lipinski definition) is 1. The van der Waals surface area contributed by atoms with Gasteiger partial charge in [0.15, 0.2) is 18.1 Å². The highest BCUT2D eigenvalue weighted by molar-refractivity contribution is 5.47. The number of likely N-dealkylation sites (N-methyl/N-ethyl adjacent to an activating group) is 1. The van der Waals surface area contributed by atoms with Crippen LogP contribution >= 0.6 is 0 Å². The molecule has 2 aliphatic rings. The van der Waals surface area contributed by atoms with Crippen LogP contribution in [-0.4, -0.2) is 29.6 Å². The third-order valence-electron chi connectivity index (χ3n) is 5.62. The Balaban J connectivity index is 2.43. The van der Waals surface area contributed by atoms with Crippen LogP contribution in [-0.2, 0) is 0 Å². The predicted octanol–water partition coefficient (Wildman–Crippen LogP) is 5.55. The van der Waals surface area contributed by atoms with Gasteiger partial charge in [-0.1, -0.05) is 45.6 Å². The van der Waals surface area contributed by atoms with E-state index in [-0.39, 0.29) is 0 Å². The normalized spacial score (nSPS) is 23.9. The number of allylic oxidation sites excluding steroid dienone is 6. The van der Waals surface area contributed by atoms with Crippen molar-refractivity contribution in [2.45, 2.75) is 65.8 Å². The summed E-state index contributed by atoms with van der Waals surface area (Å²) in [5.41, 5.74) is 7.24. The number of nitrogens with one attached hydrogen (secondary N) is 1. The summed E-state index contributed by atoms with van der Waals surface area (Å²) >= 11 is 0. The van der Waals surface area contributed by atoms with E-state index in [0.717, 1.165) is 38.8 Å². The minimum atomic E-state index is 0.372. The Bertz CT molecular complexity index is 707. The van der Waals surface area contributed by atoms with Gasteiger partial charge >= 0.3 is 0 Å². The van der Waals surface area contributed by atoms with Gasteiger partial charge in [0.2, 0.25) is 0 Å². The van der Waals surface area contributed by atoms with Crippen LogP contribution in [0.25, 0.3) is 0 Å². The molecule has 3 unspecified atom stereocenters. The summed E-state index contributed by atoms with van der Waals surface area (Å²) in [6.07, 6.45) is 17.0. The van der Waals surface area contributed by atoms with E-state index in [2.05, 4.69) is 86.1 Å². The van der Waals surface area contributed by atoms with Gasteiger partial charge in [-0.25, -0.2) is 0 Å². The molecule has 1 aliphatic carbocycles. The van der Waals surface area contributed by atoms with Crippen molar-refractivity contribution in [3.63, 3.8) is 0 Å². The molecule has 146 valence electrons. The van der Waals surface area contributed by atoms with E-state index in [1.807, 2.05) is 0 Å². The lowest BCUT2D eigenvalue weighted by atomic mass is 9.83. The van der Waals surface area contributed by atoms with Crippen LogP contribution in [0.4, 0.5) is 0 Å². The third kappa shape index (κ3) is 6.08. The molecular formula is C25H37N2+. The Morgan fingerprint density at radius 2 is 2.30 bits per heavy atom. The summed E-state index contributed by atoms with van der Waals surface area (Å²) in [4.78, 5) is 0. The summed E-state index contributed by atoms with van der Waals surface area (Å²) in [7, 11) is 0. The minimum absolute atomic E-state index is 0.372. The van der Waals surface area contributed by atoms with E-state index in [1.54, 1.807) is 0 Å². The first-order valence-corrected chi connectivity index (χ1v) is 10.6. The van der Waals surface area contributed by atoms with Crippen molar-refractivity contribution in [2.75, 3.05) is 13.1 Å². The molecule has 3 atom stereocenters. The standard InChI is InChI=1S/C25H37N2/c1-6-13-25(26-9-4)24-19-22(17-21(7-2)8-3)18-23(16-20(24)5)27-14-11-10-12-15-27/h6,11,13,18-20,24-26H,2,8-10,12,15-17H2,1,3-5H3/q+1. The smallest absolute Gasteiger partial charge is 0.191 e. The molecule has 2 rings (SSSR count). The van der Waals surface area contributed by atoms with Gasteiger partial charge in [-0.05, 0) is 49.3 Å². The molecule has 0 radical (unpaired) electrons. The van der Waals surface area contributed by atoms with E-state index in [9.17, 15) is 0 Å². The van der Waals surface area contributed by atoms with Crippen molar-refractivity contribution >= 4 is 5.87 Å². The number of hydrogen-bond donors (Lipinski definition) is 1. The highest BCUT2D eigenvalue weighted by Gasteiger charge is 2.30. The Hall–Kier alpha value is -1.85. The van der Waals surface area contributed by atoms with E-state index >= 15 is 0 Å². The third-order valence-corrected chi connectivity index (χ3v) is 5.62. The van der Waals surface area contributed by atoms with Crippen molar-refractivity contribution in [1.82, 2.24) is 5.32 Å². The maximum atomic E-state index is 3.90. The van der Waals surface area contributed by atoms with Gasteiger partial charge in [-0.15, -0.1) is 5.73 Å². The SMILES string of the molecule is C=C=C(CC)CC1=CC(C(C=CC)NCC)C(C)CC([N+]2=C=CCCC2)=C1. The van der Waals surface area contributed by atoms with Gasteiger partial charge in [0, 0.05) is 37.5 Å². The maximum absolute atomic E-state index is 3.90. The first-order valence-electron chi connectivity index (χ1n) is 10.6. The molecule has 0 saturated heterocycles. The van der Waals surface area contributed by atoms with Gasteiger partial charge in [0.1, 0.15) is 0 Å². The van der Waals surface area contributed by atoms with Crippen LogP contribution in [0.2, 0.25) is 0 Å². The van der Waals surface area contributed by atoms with Gasteiger partial charge < -0.3 is 5.32 Å². The Morgan fingerprint density at radius 1 is 1.48 bits per heavy atom. The lowest BCUT2D eigenvalue weighted by molar-refractivity contribution is -0.475. The fourth-order valence-corrected chi connectivity index (χ4v) is 4.11. The summed E-state index contributed by atoms with van der Waals surface area (Å²) in [5.74, 6) is 4.52. The molecule has 1 aliphatic heterocycles. The van der Waals surface area contributed by atoms with Gasteiger partial charge in [-0.2, -0.15) is 4.58 Å². The fraction of sp³-hybridized carbons (Fsp3) is 0.560. The zero-order valence-electron chi connectivity index (χ0n) is 17.7. The molecule has 0 saturated carbocycles. The van der Waals surface area contributed by atoms with Crippen LogP contribution in [0.3, 0.4) is 0 Å². The molecule has 27 heavy (non-hydrogen) atoms. The monoisotopic (exact) mass is 365 g/mol. The zero-order valence-corrected chi connectivity index (χ0v) is 17.7. The van der Waals surface area contributed by atoms with E-state index in [1.165, 1.54) is 23.3 Å². The van der Waals surface area contributed by atoms with E-state index < -0.39 is 0 Å². The molecule has 0 spiro atoms. The highest BCUT2D eigenvalue weighted by Crippen LogP contribution is 2.33. The predicted molar refractivity (Wildman–Crippen MR) is 117 cm³/mol. The van der Waals surface area contributed by atoms with Crippen molar-refractivity contribution in [1.29, 1.82) is 0 Å². The van der Waals surface area contributed by atoms with Crippen molar-refractivity contribution in [2.24, 2.45) is 11.8 Å². The summed E-state index contributed by atoms with van der Waals surface area (Å²) < 4.78 is 2.34. The lowest BCUT2D eigenvalue weighted by Crippen LogP contribution is -2.37. The molecular weight excluding hydrogens is 328 g/mol. The minimum Gasteiger partial charge on any atom is -0.310 e. The van der Waals surface area contributed by atoms with Crippen LogP contribution in [0.5, 0.6) is 0 Å². The van der Waals surface area contributed by atoms with E-state index in [4.69, 9.17) is 0 Å². The highest BCUT2D eigenvalue weighted by atomic mass is 15.0. The Labute approximate surface area is 166 Å². The summed E-state index contributed by atoms with van der Waals surface area (Å²) in [6, 6.07) is 0.372. The van der Waals surface area contributed by atoms with Gasteiger partial charge in [0.25, 0.3) is 0 Å². The van der Waals surface area contributed by atoms with Crippen molar-refractivity contribution in [3.05, 3.63) is 59.5 Å². The molecule has 0 bridgehead atoms. The summed E-state index contributed by atoms with van der Waals surface area (Å²) in [5, 5.41) is 3.68. The fourth-order valence-electron chi connectivity index (χ4n) is 4.11. The largest absolute Gasteiger partial charge is 0.310 e. The molecule has 0 fully saturated rings. The number of nitrogens with zero attached hydrogens (tertiary/aromatic N) is 1. The quantitative estimate of drug-likeness (QED) is 0.338. The Morgan fingerprint density at radius 3 is 2.89 bits per heavy atom. The number of rotatable bonds is 8. The first-order chi connectivity index (χ1) is 13.1. The molecule has 2 nitrogen and oxygen atoms in total. The van der Waals surface area contributed by atoms with Crippen LogP contribution in [0, 0.1) is 11.8 Å². The summed E-state index contributed by atoms with van der Waals surface area (Å²) in [6.45, 7) is 14.8. The molecule has 1 heterocycles. The molecule has 0 amide bonds. The van der Waals surface area contributed by atoms with Gasteiger partial charge in [0.05, 0.1) is 0 Å². The van der Waals surface area contributed by atoms with Crippen LogP contribution in [0.1, 0.15) is 59.8 Å². The zero-order chi connectivity index (χ0) is 19.6. The van der Waals surface area contributed by atoms with Crippen molar-refractivity contribution < 1.29 is 4.58 Å². The topological polar surface area (TPSA) is 15.0 Å². The molecule has 0 aromatic heterocycles. The average Bonchev–Trinajstić information content (AvgIpc) is 2.85. The maximum Gasteiger partial charge on any atom is 0.191 e. The second-order valence-electron chi connectivity index (χ2n) is 7.68. The van der Waals surface area contributed by atoms with Crippen molar-refractivity contribution in [3.8, 4) is 0 Å². The Kier molecular flexibility index (Phi) is 8.82. The van der Waals surface area contributed by atoms with E-state index in [0.29, 0.717) is 17.9 Å². The second kappa shape index (κ2) is 11.1. The molecule has 1 N–H and O–H groups in total. The average molecular weight is 366 g/mol. The molecule has 0 aromatic carbocycles. The van der Waals surface area contributed by atoms with Crippen LogP contribution in [0.15, 0.2) is 59.5 Å². The molecule has 2 heteroatoms. The lowest BCUT2D eigenvalue weighted by Gasteiger charge is -2.28. The first kappa shape index (κ1) is 21.5.